The van der Waals surface area contributed by atoms with Crippen LogP contribution in [0.3, 0.4) is 0 Å². The van der Waals surface area contributed by atoms with Gasteiger partial charge in [-0.05, 0) is 47.5 Å². The lowest BCUT2D eigenvalue weighted by Gasteiger charge is -2.28. The summed E-state index contributed by atoms with van der Waals surface area (Å²) in [4.78, 5) is 24.3. The molecule has 0 aliphatic rings. The van der Waals surface area contributed by atoms with Crippen molar-refractivity contribution in [3.8, 4) is 0 Å². The SMILES string of the molecule is CCOC(=O)[C@H](NC(=O)OC(C)(C)C)[C@H](C)CP(=O)(OCC)OCC. The van der Waals surface area contributed by atoms with E-state index in [1.54, 1.807) is 48.5 Å². The Morgan fingerprint density at radius 2 is 1.56 bits per heavy atom. The average molecular weight is 381 g/mol. The van der Waals surface area contributed by atoms with Crippen molar-refractivity contribution < 1.29 is 32.7 Å². The van der Waals surface area contributed by atoms with Crippen LogP contribution >= 0.6 is 7.60 Å². The first kappa shape index (κ1) is 23.9. The van der Waals surface area contributed by atoms with E-state index in [2.05, 4.69) is 5.32 Å². The van der Waals surface area contributed by atoms with Crippen molar-refractivity contribution >= 4 is 19.7 Å². The van der Waals surface area contributed by atoms with Gasteiger partial charge in [0, 0.05) is 0 Å². The molecule has 0 spiro atoms. The van der Waals surface area contributed by atoms with Gasteiger partial charge in [0.15, 0.2) is 0 Å². The average Bonchev–Trinajstić information content (AvgIpc) is 2.43. The predicted octanol–water partition coefficient (Wildman–Crippen LogP) is 3.35. The molecular formula is C16H32NO7P. The van der Waals surface area contributed by atoms with E-state index in [4.69, 9.17) is 18.5 Å². The van der Waals surface area contributed by atoms with E-state index in [9.17, 15) is 14.2 Å². The van der Waals surface area contributed by atoms with E-state index in [0.29, 0.717) is 0 Å². The Morgan fingerprint density at radius 3 is 1.96 bits per heavy atom. The number of esters is 1. The highest BCUT2D eigenvalue weighted by atomic mass is 31.2. The highest BCUT2D eigenvalue weighted by molar-refractivity contribution is 7.53. The van der Waals surface area contributed by atoms with Gasteiger partial charge < -0.3 is 23.8 Å². The normalized spacial score (nSPS) is 14.5. The van der Waals surface area contributed by atoms with Crippen LogP contribution in [0.1, 0.15) is 48.5 Å². The predicted molar refractivity (Wildman–Crippen MR) is 94.7 cm³/mol. The fourth-order valence-electron chi connectivity index (χ4n) is 2.09. The molecule has 0 fully saturated rings. The summed E-state index contributed by atoms with van der Waals surface area (Å²) in [5.74, 6) is -1.17. The number of nitrogens with one attached hydrogen (secondary N) is 1. The van der Waals surface area contributed by atoms with Crippen LogP contribution in [0.4, 0.5) is 4.79 Å². The number of ether oxygens (including phenoxy) is 2. The maximum Gasteiger partial charge on any atom is 0.408 e. The van der Waals surface area contributed by atoms with Crippen LogP contribution in [0.25, 0.3) is 0 Å². The van der Waals surface area contributed by atoms with Gasteiger partial charge in [0.1, 0.15) is 11.6 Å². The number of amides is 1. The minimum Gasteiger partial charge on any atom is -0.464 e. The molecule has 25 heavy (non-hydrogen) atoms. The third-order valence-electron chi connectivity index (χ3n) is 2.94. The fraction of sp³-hybridized carbons (Fsp3) is 0.875. The van der Waals surface area contributed by atoms with Gasteiger partial charge in [0.05, 0.1) is 26.0 Å². The number of rotatable bonds is 10. The molecule has 0 aromatic rings. The standard InChI is InChI=1S/C16H32NO7P/c1-8-21-14(18)13(17-15(19)24-16(5,6)7)12(4)11-25(20,22-9-2)23-10-3/h12-13H,8-11H2,1-7H3,(H,17,19)/t12-,13-/m1/s1. The Morgan fingerprint density at radius 1 is 1.04 bits per heavy atom. The first-order valence-electron chi connectivity index (χ1n) is 8.52. The molecule has 0 aromatic heterocycles. The van der Waals surface area contributed by atoms with Crippen molar-refractivity contribution in [2.45, 2.75) is 60.1 Å². The van der Waals surface area contributed by atoms with Crippen LogP contribution in [0.2, 0.25) is 0 Å². The van der Waals surface area contributed by atoms with Crippen molar-refractivity contribution in [2.75, 3.05) is 26.0 Å². The lowest BCUT2D eigenvalue weighted by molar-refractivity contribution is -0.146. The molecule has 0 rings (SSSR count). The molecule has 148 valence electrons. The summed E-state index contributed by atoms with van der Waals surface area (Å²) in [5, 5.41) is 2.50. The summed E-state index contributed by atoms with van der Waals surface area (Å²) in [5.41, 5.74) is -0.710. The van der Waals surface area contributed by atoms with E-state index in [-0.39, 0.29) is 26.0 Å². The number of hydrogen-bond donors (Lipinski definition) is 1. The van der Waals surface area contributed by atoms with Crippen LogP contribution in [0, 0.1) is 5.92 Å². The summed E-state index contributed by atoms with van der Waals surface area (Å²) in [7, 11) is -3.37. The molecular weight excluding hydrogens is 349 g/mol. The zero-order chi connectivity index (χ0) is 19.7. The molecule has 9 heteroatoms. The van der Waals surface area contributed by atoms with Gasteiger partial charge in [-0.3, -0.25) is 4.57 Å². The van der Waals surface area contributed by atoms with Gasteiger partial charge in [-0.2, -0.15) is 0 Å². The molecule has 0 aliphatic carbocycles. The Kier molecular flexibility index (Phi) is 10.3. The van der Waals surface area contributed by atoms with Crippen LogP contribution in [0.15, 0.2) is 0 Å². The third kappa shape index (κ3) is 9.82. The number of alkyl carbamates (subject to hydrolysis) is 1. The highest BCUT2D eigenvalue weighted by Crippen LogP contribution is 2.50. The highest BCUT2D eigenvalue weighted by Gasteiger charge is 2.36. The largest absolute Gasteiger partial charge is 0.464 e. The van der Waals surface area contributed by atoms with Crippen LogP contribution in [-0.4, -0.2) is 49.7 Å². The van der Waals surface area contributed by atoms with Crippen molar-refractivity contribution in [1.82, 2.24) is 5.32 Å². The lowest BCUT2D eigenvalue weighted by atomic mass is 10.0. The van der Waals surface area contributed by atoms with Crippen molar-refractivity contribution in [1.29, 1.82) is 0 Å². The number of hydrogen-bond acceptors (Lipinski definition) is 7. The molecule has 1 N–H and O–H groups in total. The minimum absolute atomic E-state index is 0.0338. The van der Waals surface area contributed by atoms with Gasteiger partial charge in [0.2, 0.25) is 0 Å². The van der Waals surface area contributed by atoms with E-state index in [1.807, 2.05) is 0 Å². The topological polar surface area (TPSA) is 100 Å². The summed E-state index contributed by atoms with van der Waals surface area (Å²) in [6, 6.07) is -1.02. The summed E-state index contributed by atoms with van der Waals surface area (Å²) in [6.45, 7) is 12.5. The second-order valence-corrected chi connectivity index (χ2v) is 8.59. The van der Waals surface area contributed by atoms with Crippen LogP contribution in [-0.2, 0) is 27.9 Å². The molecule has 2 atom stereocenters. The van der Waals surface area contributed by atoms with Crippen LogP contribution in [0.5, 0.6) is 0 Å². The second kappa shape index (κ2) is 10.8. The third-order valence-corrected chi connectivity index (χ3v) is 5.27. The Hall–Kier alpha value is -1.11. The van der Waals surface area contributed by atoms with E-state index in [1.165, 1.54) is 0 Å². The lowest BCUT2D eigenvalue weighted by Crippen LogP contribution is -2.48. The number of carbonyl (C=O) groups excluding carboxylic acids is 2. The van der Waals surface area contributed by atoms with Crippen molar-refractivity contribution in [3.63, 3.8) is 0 Å². The summed E-state index contributed by atoms with van der Waals surface area (Å²) in [6.07, 6.45) is -0.784. The molecule has 0 aliphatic heterocycles. The monoisotopic (exact) mass is 381 g/mol. The van der Waals surface area contributed by atoms with Gasteiger partial charge in [0.25, 0.3) is 0 Å². The van der Waals surface area contributed by atoms with Gasteiger partial charge in [-0.25, -0.2) is 9.59 Å². The van der Waals surface area contributed by atoms with Crippen LogP contribution < -0.4 is 5.32 Å². The summed E-state index contributed by atoms with van der Waals surface area (Å²) < 4.78 is 33.4. The Balaban J connectivity index is 5.22. The molecule has 0 aromatic carbocycles. The Labute approximate surface area is 150 Å². The van der Waals surface area contributed by atoms with Crippen molar-refractivity contribution in [3.05, 3.63) is 0 Å². The first-order chi connectivity index (χ1) is 11.5. The zero-order valence-electron chi connectivity index (χ0n) is 16.3. The maximum atomic E-state index is 12.7. The summed E-state index contributed by atoms with van der Waals surface area (Å²) >= 11 is 0. The smallest absolute Gasteiger partial charge is 0.408 e. The maximum absolute atomic E-state index is 12.7. The van der Waals surface area contributed by atoms with Gasteiger partial charge in [-0.15, -0.1) is 0 Å². The molecule has 0 unspecified atom stereocenters. The molecule has 0 saturated carbocycles. The van der Waals surface area contributed by atoms with Gasteiger partial charge in [-0.1, -0.05) is 6.92 Å². The number of carbonyl (C=O) groups is 2. The molecule has 0 heterocycles. The zero-order valence-corrected chi connectivity index (χ0v) is 17.2. The van der Waals surface area contributed by atoms with Crippen molar-refractivity contribution in [2.24, 2.45) is 5.92 Å². The Bertz CT molecular complexity index is 466. The van der Waals surface area contributed by atoms with Gasteiger partial charge >= 0.3 is 19.7 Å². The molecule has 0 bridgehead atoms. The fourth-order valence-corrected chi connectivity index (χ4v) is 4.08. The first-order valence-corrected chi connectivity index (χ1v) is 10.2. The van der Waals surface area contributed by atoms with E-state index < -0.39 is 37.2 Å². The molecule has 0 saturated heterocycles. The van der Waals surface area contributed by atoms with E-state index in [0.717, 1.165) is 0 Å². The second-order valence-electron chi connectivity index (χ2n) is 6.48. The minimum atomic E-state index is -3.37. The molecule has 8 nitrogen and oxygen atoms in total. The molecule has 1 amide bonds. The van der Waals surface area contributed by atoms with E-state index >= 15 is 0 Å². The quantitative estimate of drug-likeness (QED) is 0.457. The molecule has 0 radical (unpaired) electrons.